The standard InChI is InChI=1S/C24H16F3IN2O5/c1-34-21-10-14(8-18-17-7-4-15(24(25,26)27)11-20(17)29-23(18)31)9-19(28)22(21)35-12-13-2-5-16(6-3-13)30(32)33/h2-11H,12H2,1H3,(H,29,31)/b18-8-. The smallest absolute Gasteiger partial charge is 0.416 e. The summed E-state index contributed by atoms with van der Waals surface area (Å²) in [5.41, 5.74) is 1.14. The molecule has 1 amide bonds. The Bertz CT molecular complexity index is 1350. The van der Waals surface area contributed by atoms with Crippen LogP contribution in [0.4, 0.5) is 24.5 Å². The summed E-state index contributed by atoms with van der Waals surface area (Å²) in [4.78, 5) is 22.8. The maximum Gasteiger partial charge on any atom is 0.416 e. The zero-order valence-corrected chi connectivity index (χ0v) is 20.1. The zero-order valence-electron chi connectivity index (χ0n) is 18.0. The molecule has 0 spiro atoms. The van der Waals surface area contributed by atoms with Crippen molar-refractivity contribution in [2.45, 2.75) is 12.8 Å². The molecule has 0 unspecified atom stereocenters. The van der Waals surface area contributed by atoms with Crippen molar-refractivity contribution in [3.05, 3.63) is 90.5 Å². The first kappa shape index (κ1) is 24.5. The zero-order chi connectivity index (χ0) is 25.3. The Labute approximate surface area is 210 Å². The van der Waals surface area contributed by atoms with Crippen LogP contribution in [0.5, 0.6) is 11.5 Å². The Morgan fingerprint density at radius 2 is 1.83 bits per heavy atom. The van der Waals surface area contributed by atoms with E-state index in [1.165, 1.54) is 25.3 Å². The van der Waals surface area contributed by atoms with Gasteiger partial charge in [0.15, 0.2) is 11.5 Å². The number of nitrogens with zero attached hydrogens (tertiary/aromatic N) is 1. The van der Waals surface area contributed by atoms with E-state index in [4.69, 9.17) is 9.47 Å². The molecule has 11 heteroatoms. The van der Waals surface area contributed by atoms with Crippen LogP contribution in [0.1, 0.15) is 22.3 Å². The van der Waals surface area contributed by atoms with Crippen LogP contribution in [-0.2, 0) is 17.6 Å². The van der Waals surface area contributed by atoms with Crippen LogP contribution in [0.15, 0.2) is 54.6 Å². The number of non-ortho nitro benzene ring substituents is 1. The summed E-state index contributed by atoms with van der Waals surface area (Å²) in [6, 6.07) is 12.5. The van der Waals surface area contributed by atoms with Crippen LogP contribution < -0.4 is 14.8 Å². The maximum absolute atomic E-state index is 13.0. The highest BCUT2D eigenvalue weighted by Crippen LogP contribution is 2.40. The molecule has 1 N–H and O–H groups in total. The first-order valence-electron chi connectivity index (χ1n) is 10.0. The molecule has 0 radical (unpaired) electrons. The van der Waals surface area contributed by atoms with E-state index in [0.29, 0.717) is 26.2 Å². The van der Waals surface area contributed by atoms with Crippen molar-refractivity contribution < 1.29 is 32.4 Å². The number of benzene rings is 3. The fourth-order valence-corrected chi connectivity index (χ4v) is 4.29. The van der Waals surface area contributed by atoms with Gasteiger partial charge in [0.05, 0.1) is 21.2 Å². The van der Waals surface area contributed by atoms with E-state index >= 15 is 0 Å². The third-order valence-corrected chi connectivity index (χ3v) is 6.02. The van der Waals surface area contributed by atoms with Crippen molar-refractivity contribution >= 4 is 51.5 Å². The molecule has 0 saturated heterocycles. The van der Waals surface area contributed by atoms with Crippen LogP contribution in [-0.4, -0.2) is 17.9 Å². The SMILES string of the molecule is COc1cc(/C=C2\C(=O)Nc3cc(C(F)(F)F)ccc32)cc(I)c1OCc1ccc([N+](=O)[O-])cc1. The van der Waals surface area contributed by atoms with Gasteiger partial charge in [-0.25, -0.2) is 0 Å². The fourth-order valence-electron chi connectivity index (χ4n) is 3.51. The van der Waals surface area contributed by atoms with E-state index in [1.54, 1.807) is 30.3 Å². The Hall–Kier alpha value is -3.61. The van der Waals surface area contributed by atoms with E-state index in [0.717, 1.165) is 17.7 Å². The largest absolute Gasteiger partial charge is 0.493 e. The fraction of sp³-hybridized carbons (Fsp3) is 0.125. The minimum absolute atomic E-state index is 0.0227. The van der Waals surface area contributed by atoms with Gasteiger partial charge in [-0.2, -0.15) is 13.2 Å². The number of carbonyl (C=O) groups is 1. The summed E-state index contributed by atoms with van der Waals surface area (Å²) < 4.78 is 51.0. The van der Waals surface area contributed by atoms with Crippen molar-refractivity contribution in [3.8, 4) is 11.5 Å². The number of anilines is 1. The quantitative estimate of drug-likeness (QED) is 0.156. The van der Waals surface area contributed by atoms with E-state index < -0.39 is 22.6 Å². The van der Waals surface area contributed by atoms with Crippen molar-refractivity contribution in [1.29, 1.82) is 0 Å². The molecule has 4 rings (SSSR count). The van der Waals surface area contributed by atoms with E-state index in [-0.39, 0.29) is 23.6 Å². The number of carbonyl (C=O) groups excluding carboxylic acids is 1. The summed E-state index contributed by atoms with van der Waals surface area (Å²) in [5.74, 6) is 0.322. The molecule has 1 aliphatic heterocycles. The third-order valence-electron chi connectivity index (χ3n) is 5.22. The molecule has 0 bridgehead atoms. The van der Waals surface area contributed by atoms with Gasteiger partial charge < -0.3 is 14.8 Å². The second kappa shape index (κ2) is 9.56. The van der Waals surface area contributed by atoms with E-state index in [9.17, 15) is 28.1 Å². The predicted octanol–water partition coefficient (Wildman–Crippen LogP) is 6.30. The highest BCUT2D eigenvalue weighted by atomic mass is 127. The molecule has 3 aromatic rings. The molecule has 7 nitrogen and oxygen atoms in total. The minimum atomic E-state index is -4.51. The second-order valence-electron chi connectivity index (χ2n) is 7.52. The van der Waals surface area contributed by atoms with Crippen molar-refractivity contribution in [2.75, 3.05) is 12.4 Å². The minimum Gasteiger partial charge on any atom is -0.493 e. The second-order valence-corrected chi connectivity index (χ2v) is 8.68. The number of alkyl halides is 3. The number of nitrogens with one attached hydrogen (secondary N) is 1. The molecular weight excluding hydrogens is 580 g/mol. The molecule has 3 aromatic carbocycles. The molecular formula is C24H16F3IN2O5. The number of halogens is 4. The Morgan fingerprint density at radius 1 is 1.11 bits per heavy atom. The maximum atomic E-state index is 13.0. The topological polar surface area (TPSA) is 90.7 Å². The van der Waals surface area contributed by atoms with Gasteiger partial charge in [-0.05, 0) is 76.2 Å². The molecule has 35 heavy (non-hydrogen) atoms. The van der Waals surface area contributed by atoms with Gasteiger partial charge in [0.1, 0.15) is 6.61 Å². The van der Waals surface area contributed by atoms with E-state index in [2.05, 4.69) is 5.32 Å². The number of methoxy groups -OCH3 is 1. The van der Waals surface area contributed by atoms with Gasteiger partial charge in [0.25, 0.3) is 11.6 Å². The lowest BCUT2D eigenvalue weighted by atomic mass is 10.0. The first-order valence-corrected chi connectivity index (χ1v) is 11.1. The Morgan fingerprint density at radius 3 is 2.46 bits per heavy atom. The van der Waals surface area contributed by atoms with Gasteiger partial charge in [0.2, 0.25) is 0 Å². The number of fused-ring (bicyclic) bond motifs is 1. The number of hydrogen-bond donors (Lipinski definition) is 1. The van der Waals surface area contributed by atoms with Gasteiger partial charge >= 0.3 is 6.18 Å². The summed E-state index contributed by atoms with van der Waals surface area (Å²) in [7, 11) is 1.46. The van der Waals surface area contributed by atoms with Crippen LogP contribution in [0.2, 0.25) is 0 Å². The van der Waals surface area contributed by atoms with Crippen molar-refractivity contribution in [1.82, 2.24) is 0 Å². The average molecular weight is 596 g/mol. The average Bonchev–Trinajstić information content (AvgIpc) is 3.12. The normalized spacial score (nSPS) is 14.0. The highest BCUT2D eigenvalue weighted by Gasteiger charge is 2.33. The number of nitro benzene ring substituents is 1. The van der Waals surface area contributed by atoms with Crippen LogP contribution in [0.3, 0.4) is 0 Å². The van der Waals surface area contributed by atoms with Crippen LogP contribution >= 0.6 is 22.6 Å². The first-order chi connectivity index (χ1) is 16.6. The lowest BCUT2D eigenvalue weighted by Crippen LogP contribution is -2.06. The molecule has 0 aliphatic carbocycles. The lowest BCUT2D eigenvalue weighted by molar-refractivity contribution is -0.384. The van der Waals surface area contributed by atoms with Crippen molar-refractivity contribution in [3.63, 3.8) is 0 Å². The van der Waals surface area contributed by atoms with Crippen LogP contribution in [0, 0.1) is 13.7 Å². The molecule has 0 saturated carbocycles. The number of ether oxygens (including phenoxy) is 2. The summed E-state index contributed by atoms with van der Waals surface area (Å²) in [6.45, 7) is 0.141. The monoisotopic (exact) mass is 596 g/mol. The Kier molecular flexibility index (Phi) is 6.70. The van der Waals surface area contributed by atoms with Crippen molar-refractivity contribution in [2.24, 2.45) is 0 Å². The lowest BCUT2D eigenvalue weighted by Gasteiger charge is -2.14. The predicted molar refractivity (Wildman–Crippen MR) is 131 cm³/mol. The highest BCUT2D eigenvalue weighted by molar-refractivity contribution is 14.1. The summed E-state index contributed by atoms with van der Waals surface area (Å²) in [6.07, 6.45) is -2.95. The molecule has 1 aliphatic rings. The summed E-state index contributed by atoms with van der Waals surface area (Å²) >= 11 is 2.05. The Balaban J connectivity index is 1.60. The van der Waals surface area contributed by atoms with Gasteiger partial charge in [-0.1, -0.05) is 6.07 Å². The molecule has 0 aromatic heterocycles. The van der Waals surface area contributed by atoms with Gasteiger partial charge in [-0.3, -0.25) is 14.9 Å². The van der Waals surface area contributed by atoms with Gasteiger partial charge in [-0.15, -0.1) is 0 Å². The molecule has 0 fully saturated rings. The van der Waals surface area contributed by atoms with E-state index in [1.807, 2.05) is 22.6 Å². The number of rotatable bonds is 6. The number of hydrogen-bond acceptors (Lipinski definition) is 5. The third kappa shape index (κ3) is 5.24. The summed E-state index contributed by atoms with van der Waals surface area (Å²) in [5, 5.41) is 13.3. The van der Waals surface area contributed by atoms with Gasteiger partial charge in [0, 0.05) is 29.0 Å². The number of amides is 1. The molecule has 180 valence electrons. The molecule has 1 heterocycles. The number of nitro groups is 1. The molecule has 0 atom stereocenters. The van der Waals surface area contributed by atoms with Crippen LogP contribution in [0.25, 0.3) is 11.6 Å².